The standard InChI is InChI=1S/C7H12N2/c1-5-7(2)9(4)6-8-3/h1,6-7H,2-4H3. The Balaban J connectivity index is 3.75. The number of terminal acetylenes is 1. The molecule has 0 amide bonds. The van der Waals surface area contributed by atoms with Gasteiger partial charge in [0.15, 0.2) is 0 Å². The molecule has 0 fully saturated rings. The van der Waals surface area contributed by atoms with Crippen LogP contribution in [0.3, 0.4) is 0 Å². The van der Waals surface area contributed by atoms with Crippen molar-refractivity contribution in [2.75, 3.05) is 14.1 Å². The van der Waals surface area contributed by atoms with Gasteiger partial charge in [0.25, 0.3) is 0 Å². The zero-order valence-electron chi connectivity index (χ0n) is 6.13. The summed E-state index contributed by atoms with van der Waals surface area (Å²) in [6.07, 6.45) is 6.86. The van der Waals surface area contributed by atoms with Crippen LogP contribution in [0.4, 0.5) is 0 Å². The first-order valence-electron chi connectivity index (χ1n) is 2.82. The maximum atomic E-state index is 5.15. The van der Waals surface area contributed by atoms with E-state index in [1.165, 1.54) is 0 Å². The maximum Gasteiger partial charge on any atom is 0.0878 e. The Bertz CT molecular complexity index is 132. The molecule has 0 aliphatic rings. The van der Waals surface area contributed by atoms with Crippen molar-refractivity contribution in [1.29, 1.82) is 0 Å². The molecule has 0 saturated carbocycles. The minimum atomic E-state index is 0.133. The highest BCUT2D eigenvalue weighted by atomic mass is 15.1. The Morgan fingerprint density at radius 3 is 2.67 bits per heavy atom. The van der Waals surface area contributed by atoms with Crippen LogP contribution in [0.15, 0.2) is 4.99 Å². The molecular formula is C7H12N2. The molecule has 0 aliphatic heterocycles. The van der Waals surface area contributed by atoms with Gasteiger partial charge in [0.2, 0.25) is 0 Å². The molecule has 0 heterocycles. The first-order valence-corrected chi connectivity index (χ1v) is 2.82. The molecule has 9 heavy (non-hydrogen) atoms. The normalized spacial score (nSPS) is 13.1. The average molecular weight is 124 g/mol. The summed E-state index contributed by atoms with van der Waals surface area (Å²) in [4.78, 5) is 5.68. The van der Waals surface area contributed by atoms with Crippen LogP contribution in [0.25, 0.3) is 0 Å². The van der Waals surface area contributed by atoms with Crippen LogP contribution in [-0.2, 0) is 0 Å². The monoisotopic (exact) mass is 124 g/mol. The highest BCUT2D eigenvalue weighted by Gasteiger charge is 1.97. The maximum absolute atomic E-state index is 5.15. The van der Waals surface area contributed by atoms with E-state index in [4.69, 9.17) is 6.42 Å². The fourth-order valence-electron chi connectivity index (χ4n) is 0.400. The summed E-state index contributed by atoms with van der Waals surface area (Å²) < 4.78 is 0. The molecule has 0 saturated heterocycles. The van der Waals surface area contributed by atoms with E-state index < -0.39 is 0 Å². The second-order valence-electron chi connectivity index (χ2n) is 1.88. The van der Waals surface area contributed by atoms with Gasteiger partial charge in [-0.15, -0.1) is 6.42 Å². The molecule has 0 bridgehead atoms. The van der Waals surface area contributed by atoms with Crippen LogP contribution >= 0.6 is 0 Å². The molecule has 1 atom stereocenters. The minimum absolute atomic E-state index is 0.133. The number of rotatable bonds is 2. The molecule has 0 spiro atoms. The van der Waals surface area contributed by atoms with Gasteiger partial charge in [-0.25, -0.2) is 0 Å². The van der Waals surface area contributed by atoms with Crippen LogP contribution in [-0.4, -0.2) is 31.4 Å². The smallest absolute Gasteiger partial charge is 0.0878 e. The predicted molar refractivity (Wildman–Crippen MR) is 40.5 cm³/mol. The van der Waals surface area contributed by atoms with Gasteiger partial charge in [0, 0.05) is 14.1 Å². The molecule has 0 aliphatic carbocycles. The van der Waals surface area contributed by atoms with Crippen LogP contribution in [0.2, 0.25) is 0 Å². The molecule has 0 aromatic carbocycles. The van der Waals surface area contributed by atoms with Crippen molar-refractivity contribution in [1.82, 2.24) is 4.90 Å². The molecule has 0 N–H and O–H groups in total. The summed E-state index contributed by atoms with van der Waals surface area (Å²) in [6.45, 7) is 1.95. The van der Waals surface area contributed by atoms with E-state index >= 15 is 0 Å². The van der Waals surface area contributed by atoms with Crippen molar-refractivity contribution in [3.63, 3.8) is 0 Å². The lowest BCUT2D eigenvalue weighted by Crippen LogP contribution is -2.25. The van der Waals surface area contributed by atoms with Crippen molar-refractivity contribution >= 4 is 6.34 Å². The number of nitrogens with zero attached hydrogens (tertiary/aromatic N) is 2. The molecule has 0 rings (SSSR count). The summed E-state index contributed by atoms with van der Waals surface area (Å²) in [5, 5.41) is 0. The van der Waals surface area contributed by atoms with Crippen LogP contribution in [0.1, 0.15) is 6.92 Å². The van der Waals surface area contributed by atoms with Crippen molar-refractivity contribution in [3.05, 3.63) is 0 Å². The van der Waals surface area contributed by atoms with Crippen molar-refractivity contribution in [3.8, 4) is 12.3 Å². The first kappa shape index (κ1) is 8.03. The summed E-state index contributed by atoms with van der Waals surface area (Å²) in [5.41, 5.74) is 0. The summed E-state index contributed by atoms with van der Waals surface area (Å²) in [5.74, 6) is 2.58. The fourth-order valence-corrected chi connectivity index (χ4v) is 0.400. The third kappa shape index (κ3) is 2.76. The Labute approximate surface area is 56.6 Å². The Morgan fingerprint density at radius 2 is 2.33 bits per heavy atom. The van der Waals surface area contributed by atoms with E-state index in [2.05, 4.69) is 10.9 Å². The SMILES string of the molecule is C#CC(C)N(C)C=NC. The molecule has 2 nitrogen and oxygen atoms in total. The molecule has 50 valence electrons. The van der Waals surface area contributed by atoms with Gasteiger partial charge in [-0.1, -0.05) is 5.92 Å². The lowest BCUT2D eigenvalue weighted by Gasteiger charge is -2.15. The average Bonchev–Trinajstić information content (AvgIpc) is 1.87. The van der Waals surface area contributed by atoms with E-state index in [0.717, 1.165) is 0 Å². The van der Waals surface area contributed by atoms with Gasteiger partial charge in [-0.2, -0.15) is 0 Å². The Hall–Kier alpha value is -0.970. The van der Waals surface area contributed by atoms with E-state index in [-0.39, 0.29) is 6.04 Å². The van der Waals surface area contributed by atoms with E-state index in [0.29, 0.717) is 0 Å². The Kier molecular flexibility index (Phi) is 3.54. The van der Waals surface area contributed by atoms with Crippen LogP contribution < -0.4 is 0 Å². The molecule has 1 unspecified atom stereocenters. The largest absolute Gasteiger partial charge is 0.352 e. The second-order valence-corrected chi connectivity index (χ2v) is 1.88. The fraction of sp³-hybridized carbons (Fsp3) is 0.571. The molecular weight excluding hydrogens is 112 g/mol. The number of aliphatic imine (C=N–C) groups is 1. The van der Waals surface area contributed by atoms with Gasteiger partial charge in [0.05, 0.1) is 12.4 Å². The van der Waals surface area contributed by atoms with E-state index in [9.17, 15) is 0 Å². The van der Waals surface area contributed by atoms with Gasteiger partial charge in [0.1, 0.15) is 0 Å². The molecule has 2 heteroatoms. The zero-order chi connectivity index (χ0) is 7.28. The second kappa shape index (κ2) is 3.96. The lowest BCUT2D eigenvalue weighted by atomic mass is 10.3. The third-order valence-electron chi connectivity index (χ3n) is 1.15. The van der Waals surface area contributed by atoms with Gasteiger partial charge < -0.3 is 4.90 Å². The Morgan fingerprint density at radius 1 is 1.78 bits per heavy atom. The topological polar surface area (TPSA) is 15.6 Å². The van der Waals surface area contributed by atoms with Crippen molar-refractivity contribution in [2.24, 2.45) is 4.99 Å². The molecule has 0 aromatic rings. The van der Waals surface area contributed by atoms with Gasteiger partial charge >= 0.3 is 0 Å². The number of hydrogen-bond acceptors (Lipinski definition) is 1. The first-order chi connectivity index (χ1) is 4.22. The quantitative estimate of drug-likeness (QED) is 0.299. The number of hydrogen-bond donors (Lipinski definition) is 0. The third-order valence-corrected chi connectivity index (χ3v) is 1.15. The lowest BCUT2D eigenvalue weighted by molar-refractivity contribution is 0.477. The molecule has 0 radical (unpaired) electrons. The van der Waals surface area contributed by atoms with Crippen LogP contribution in [0, 0.1) is 12.3 Å². The minimum Gasteiger partial charge on any atom is -0.352 e. The summed E-state index contributed by atoms with van der Waals surface area (Å²) in [7, 11) is 3.62. The van der Waals surface area contributed by atoms with E-state index in [1.54, 1.807) is 13.4 Å². The van der Waals surface area contributed by atoms with Crippen molar-refractivity contribution in [2.45, 2.75) is 13.0 Å². The van der Waals surface area contributed by atoms with Gasteiger partial charge in [-0.05, 0) is 6.92 Å². The predicted octanol–water partition coefficient (Wildman–Crippen LogP) is 0.598. The zero-order valence-corrected chi connectivity index (χ0v) is 6.13. The van der Waals surface area contributed by atoms with Gasteiger partial charge in [-0.3, -0.25) is 4.99 Å². The van der Waals surface area contributed by atoms with E-state index in [1.807, 2.05) is 18.9 Å². The highest BCUT2D eigenvalue weighted by Crippen LogP contribution is 1.87. The van der Waals surface area contributed by atoms with Crippen molar-refractivity contribution < 1.29 is 0 Å². The molecule has 0 aromatic heterocycles. The summed E-state index contributed by atoms with van der Waals surface area (Å²) >= 11 is 0. The highest BCUT2D eigenvalue weighted by molar-refractivity contribution is 5.55. The van der Waals surface area contributed by atoms with Crippen LogP contribution in [0.5, 0.6) is 0 Å². The summed E-state index contributed by atoms with van der Waals surface area (Å²) in [6, 6.07) is 0.133.